The summed E-state index contributed by atoms with van der Waals surface area (Å²) in [5, 5.41) is 0. The highest BCUT2D eigenvalue weighted by Crippen LogP contribution is 2.52. The molecule has 0 amide bonds. The number of rotatable bonds is 4. The van der Waals surface area contributed by atoms with Gasteiger partial charge in [0.15, 0.2) is 23.0 Å². The molecule has 2 aromatic rings. The quantitative estimate of drug-likeness (QED) is 0.793. The minimum atomic E-state index is 0.264. The number of fused-ring (bicyclic) bond motifs is 1. The van der Waals surface area contributed by atoms with Crippen LogP contribution in [-0.4, -0.2) is 46.9 Å². The summed E-state index contributed by atoms with van der Waals surface area (Å²) in [6.07, 6.45) is 2.83. The Hall–Kier alpha value is -2.60. The van der Waals surface area contributed by atoms with Crippen LogP contribution < -0.4 is 23.7 Å². The molecule has 1 unspecified atom stereocenters. The zero-order valence-electron chi connectivity index (χ0n) is 17.1. The molecule has 6 heteroatoms. The van der Waals surface area contributed by atoms with Crippen molar-refractivity contribution in [1.29, 1.82) is 0 Å². The number of nitrogens with zero attached hydrogens (tertiary/aromatic N) is 1. The van der Waals surface area contributed by atoms with Crippen LogP contribution in [0.3, 0.4) is 0 Å². The first kappa shape index (κ1) is 18.7. The lowest BCUT2D eigenvalue weighted by atomic mass is 9.87. The first-order valence-corrected chi connectivity index (χ1v) is 9.52. The van der Waals surface area contributed by atoms with Crippen LogP contribution in [0.15, 0.2) is 18.2 Å². The summed E-state index contributed by atoms with van der Waals surface area (Å²) >= 11 is 0. The summed E-state index contributed by atoms with van der Waals surface area (Å²) in [7, 11) is 8.77. The van der Waals surface area contributed by atoms with E-state index in [-0.39, 0.29) is 6.04 Å². The van der Waals surface area contributed by atoms with Gasteiger partial charge in [0, 0.05) is 24.2 Å². The maximum atomic E-state index is 6.52. The van der Waals surface area contributed by atoms with E-state index in [1.807, 2.05) is 12.1 Å². The third-order valence-corrected chi connectivity index (χ3v) is 5.81. The summed E-state index contributed by atoms with van der Waals surface area (Å²) in [4.78, 5) is 2.40. The second-order valence-electron chi connectivity index (χ2n) is 7.22. The van der Waals surface area contributed by atoms with Crippen molar-refractivity contribution in [3.8, 4) is 34.5 Å². The predicted molar refractivity (Wildman–Crippen MR) is 107 cm³/mol. The van der Waals surface area contributed by atoms with E-state index in [1.54, 1.807) is 28.4 Å². The molecule has 2 aromatic carbocycles. The first-order valence-electron chi connectivity index (χ1n) is 9.52. The van der Waals surface area contributed by atoms with Crippen LogP contribution in [0.25, 0.3) is 0 Å². The minimum Gasteiger partial charge on any atom is -0.493 e. The van der Waals surface area contributed by atoms with Crippen molar-refractivity contribution in [3.05, 3.63) is 34.9 Å². The average Bonchev–Trinajstić information content (AvgIpc) is 2.71. The summed E-state index contributed by atoms with van der Waals surface area (Å²) in [6, 6.07) is 6.26. The Kier molecular flexibility index (Phi) is 4.98. The van der Waals surface area contributed by atoms with Crippen molar-refractivity contribution in [3.63, 3.8) is 0 Å². The zero-order valence-corrected chi connectivity index (χ0v) is 17.1. The largest absolute Gasteiger partial charge is 0.493 e. The van der Waals surface area contributed by atoms with E-state index in [2.05, 4.69) is 18.0 Å². The maximum Gasteiger partial charge on any atom is 0.204 e. The van der Waals surface area contributed by atoms with Crippen molar-refractivity contribution in [2.45, 2.75) is 25.3 Å². The Morgan fingerprint density at radius 2 is 1.54 bits per heavy atom. The van der Waals surface area contributed by atoms with Crippen molar-refractivity contribution in [2.24, 2.45) is 0 Å². The molecule has 1 atom stereocenters. The van der Waals surface area contributed by atoms with Gasteiger partial charge in [-0.15, -0.1) is 0 Å². The Labute approximate surface area is 165 Å². The Balaban J connectivity index is 1.94. The molecule has 0 N–H and O–H groups in total. The number of likely N-dealkylation sites (N-methyl/N-ethyl adjacent to an activating group) is 1. The second-order valence-corrected chi connectivity index (χ2v) is 7.22. The third-order valence-electron chi connectivity index (χ3n) is 5.81. The van der Waals surface area contributed by atoms with E-state index >= 15 is 0 Å². The fourth-order valence-electron chi connectivity index (χ4n) is 4.33. The van der Waals surface area contributed by atoms with Gasteiger partial charge in [-0.25, -0.2) is 0 Å². The molecule has 0 bridgehead atoms. The monoisotopic (exact) mass is 385 g/mol. The molecule has 28 heavy (non-hydrogen) atoms. The molecule has 0 aliphatic carbocycles. The summed E-state index contributed by atoms with van der Waals surface area (Å²) in [5.74, 6) is 4.18. The smallest absolute Gasteiger partial charge is 0.204 e. The normalized spacial score (nSPS) is 18.1. The van der Waals surface area contributed by atoms with Crippen LogP contribution in [0.5, 0.6) is 34.5 Å². The Morgan fingerprint density at radius 1 is 0.857 bits per heavy atom. The molecule has 2 aliphatic heterocycles. The van der Waals surface area contributed by atoms with Gasteiger partial charge in [0.1, 0.15) is 5.75 Å². The van der Waals surface area contributed by atoms with Gasteiger partial charge < -0.3 is 23.7 Å². The lowest BCUT2D eigenvalue weighted by Crippen LogP contribution is -2.33. The molecule has 2 aliphatic rings. The highest BCUT2D eigenvalue weighted by molar-refractivity contribution is 5.63. The van der Waals surface area contributed by atoms with Crippen molar-refractivity contribution in [1.82, 2.24) is 4.90 Å². The Bertz CT molecular complexity index is 895. The Morgan fingerprint density at radius 3 is 2.21 bits per heavy atom. The minimum absolute atomic E-state index is 0.264. The van der Waals surface area contributed by atoms with E-state index in [4.69, 9.17) is 23.7 Å². The molecule has 0 spiro atoms. The number of ether oxygens (including phenoxy) is 5. The van der Waals surface area contributed by atoms with Crippen LogP contribution in [0, 0.1) is 0 Å². The van der Waals surface area contributed by atoms with E-state index in [0.29, 0.717) is 23.0 Å². The fraction of sp³-hybridized carbons (Fsp3) is 0.455. The lowest BCUT2D eigenvalue weighted by molar-refractivity contribution is 0.208. The van der Waals surface area contributed by atoms with Gasteiger partial charge in [-0.05, 0) is 49.6 Å². The van der Waals surface area contributed by atoms with Gasteiger partial charge in [-0.3, -0.25) is 4.90 Å². The fourth-order valence-corrected chi connectivity index (χ4v) is 4.33. The summed E-state index contributed by atoms with van der Waals surface area (Å²) in [5.41, 5.74) is 3.56. The molecule has 150 valence electrons. The molecular formula is C22H27NO5. The van der Waals surface area contributed by atoms with E-state index < -0.39 is 0 Å². The third kappa shape index (κ3) is 2.92. The number of hydrogen-bond donors (Lipinski definition) is 0. The lowest BCUT2D eigenvalue weighted by Gasteiger charge is -2.38. The molecule has 0 radical (unpaired) electrons. The van der Waals surface area contributed by atoms with Crippen LogP contribution in [0.4, 0.5) is 0 Å². The SMILES string of the molecule is COc1cc2c(cc1OC)Oc1c(OC)c(OC)cc3c1C(CC2)N(C)CC3. The van der Waals surface area contributed by atoms with Gasteiger partial charge in [-0.2, -0.15) is 0 Å². The number of benzene rings is 2. The zero-order chi connectivity index (χ0) is 19.8. The van der Waals surface area contributed by atoms with E-state index in [9.17, 15) is 0 Å². The standard InChI is InChI=1S/C22H27NO5/c1-23-9-8-14-11-19(26-4)21(27-5)22-20(14)15(23)7-6-13-10-17(24-2)18(25-3)12-16(13)28-22/h10-12,15H,6-9H2,1-5H3. The number of hydrogen-bond acceptors (Lipinski definition) is 6. The highest BCUT2D eigenvalue weighted by atomic mass is 16.5. The van der Waals surface area contributed by atoms with Crippen LogP contribution >= 0.6 is 0 Å². The molecule has 0 fully saturated rings. The highest BCUT2D eigenvalue weighted by Gasteiger charge is 2.34. The summed E-state index contributed by atoms with van der Waals surface area (Å²) in [6.45, 7) is 1.01. The summed E-state index contributed by atoms with van der Waals surface area (Å²) < 4.78 is 28.8. The molecule has 2 heterocycles. The maximum absolute atomic E-state index is 6.52. The van der Waals surface area contributed by atoms with Crippen LogP contribution in [-0.2, 0) is 12.8 Å². The molecule has 6 nitrogen and oxygen atoms in total. The van der Waals surface area contributed by atoms with Gasteiger partial charge in [0.05, 0.1) is 28.4 Å². The van der Waals surface area contributed by atoms with Gasteiger partial charge in [-0.1, -0.05) is 0 Å². The molecule has 0 saturated carbocycles. The molecule has 4 rings (SSSR count). The topological polar surface area (TPSA) is 49.4 Å². The van der Waals surface area contributed by atoms with Crippen molar-refractivity contribution in [2.75, 3.05) is 42.0 Å². The van der Waals surface area contributed by atoms with Gasteiger partial charge >= 0.3 is 0 Å². The van der Waals surface area contributed by atoms with Crippen LogP contribution in [0.2, 0.25) is 0 Å². The van der Waals surface area contributed by atoms with Gasteiger partial charge in [0.25, 0.3) is 0 Å². The van der Waals surface area contributed by atoms with Gasteiger partial charge in [0.2, 0.25) is 5.75 Å². The van der Waals surface area contributed by atoms with Crippen LogP contribution in [0.1, 0.15) is 29.2 Å². The predicted octanol–water partition coefficient (Wildman–Crippen LogP) is 3.99. The van der Waals surface area contributed by atoms with Crippen molar-refractivity contribution >= 4 is 0 Å². The number of methoxy groups -OCH3 is 4. The van der Waals surface area contributed by atoms with E-state index in [1.165, 1.54) is 11.1 Å². The average molecular weight is 385 g/mol. The molecule has 0 saturated heterocycles. The second kappa shape index (κ2) is 7.43. The number of aryl methyl sites for hydroxylation is 1. The molecule has 0 aromatic heterocycles. The van der Waals surface area contributed by atoms with E-state index in [0.717, 1.165) is 42.9 Å². The molecular weight excluding hydrogens is 358 g/mol. The van der Waals surface area contributed by atoms with Crippen molar-refractivity contribution < 1.29 is 23.7 Å². The first-order chi connectivity index (χ1) is 13.6.